The van der Waals surface area contributed by atoms with Crippen molar-refractivity contribution in [2.45, 2.75) is 6.10 Å². The summed E-state index contributed by atoms with van der Waals surface area (Å²) in [5, 5.41) is 22.1. The number of ketones is 1. The lowest BCUT2D eigenvalue weighted by Crippen LogP contribution is -2.21. The fourth-order valence-electron chi connectivity index (χ4n) is 2.77. The van der Waals surface area contributed by atoms with Crippen LogP contribution in [0.2, 0.25) is 0 Å². The molecule has 0 saturated carbocycles. The smallest absolute Gasteiger partial charge is 0.346 e. The highest BCUT2D eigenvalue weighted by Gasteiger charge is 2.30. The molecule has 0 aliphatic rings. The lowest BCUT2D eigenvalue weighted by molar-refractivity contribution is -0.385. The summed E-state index contributed by atoms with van der Waals surface area (Å²) < 4.78 is 5.37. The van der Waals surface area contributed by atoms with E-state index in [1.54, 1.807) is 18.2 Å². The van der Waals surface area contributed by atoms with Crippen LogP contribution in [0.3, 0.4) is 0 Å². The Balaban J connectivity index is 1.99. The largest absolute Gasteiger partial charge is 0.445 e. The Kier molecular flexibility index (Phi) is 5.92. The van der Waals surface area contributed by atoms with E-state index < -0.39 is 33.4 Å². The van der Waals surface area contributed by atoms with Gasteiger partial charge in [0.2, 0.25) is 5.78 Å². The number of carbonyl (C=O) groups is 2. The molecule has 0 aliphatic carbocycles. The summed E-state index contributed by atoms with van der Waals surface area (Å²) in [5.41, 5.74) is -0.528. The van der Waals surface area contributed by atoms with Crippen molar-refractivity contribution in [1.82, 2.24) is 0 Å². The number of non-ortho nitro benzene ring substituents is 1. The van der Waals surface area contributed by atoms with Gasteiger partial charge in [-0.15, -0.1) is 0 Å². The standard InChI is InChI=1S/C21H14N2O7/c24-19(14-6-2-1-3-7-14)20(15-10-12-16(13-11-15)22(26)27)30-21(25)17-8-4-5-9-18(17)23(28)29/h1-13,20H/t20-/m0/s1. The first kappa shape index (κ1) is 20.3. The number of ether oxygens (including phenoxy) is 1. The summed E-state index contributed by atoms with van der Waals surface area (Å²) in [4.78, 5) is 46.5. The minimum Gasteiger partial charge on any atom is -0.445 e. The van der Waals surface area contributed by atoms with Crippen LogP contribution >= 0.6 is 0 Å². The van der Waals surface area contributed by atoms with Crippen LogP contribution in [0.25, 0.3) is 0 Å². The molecule has 0 heterocycles. The molecule has 0 fully saturated rings. The molecule has 0 amide bonds. The maximum absolute atomic E-state index is 13.0. The van der Waals surface area contributed by atoms with Crippen molar-refractivity contribution >= 4 is 23.1 Å². The molecule has 0 bridgehead atoms. The van der Waals surface area contributed by atoms with E-state index in [9.17, 15) is 29.8 Å². The molecule has 9 nitrogen and oxygen atoms in total. The van der Waals surface area contributed by atoms with Crippen LogP contribution in [0.1, 0.15) is 32.4 Å². The maximum Gasteiger partial charge on any atom is 0.346 e. The number of benzene rings is 3. The number of carbonyl (C=O) groups excluding carboxylic acids is 2. The summed E-state index contributed by atoms with van der Waals surface area (Å²) >= 11 is 0. The second-order valence-corrected chi connectivity index (χ2v) is 6.14. The van der Waals surface area contributed by atoms with E-state index >= 15 is 0 Å². The quantitative estimate of drug-likeness (QED) is 0.248. The molecule has 9 heteroatoms. The van der Waals surface area contributed by atoms with Crippen molar-refractivity contribution < 1.29 is 24.2 Å². The van der Waals surface area contributed by atoms with Gasteiger partial charge in [-0.05, 0) is 18.2 Å². The first-order valence-electron chi connectivity index (χ1n) is 8.66. The summed E-state index contributed by atoms with van der Waals surface area (Å²) in [7, 11) is 0. The number of hydrogen-bond acceptors (Lipinski definition) is 7. The molecular weight excluding hydrogens is 392 g/mol. The van der Waals surface area contributed by atoms with Gasteiger partial charge in [0.1, 0.15) is 5.56 Å². The zero-order chi connectivity index (χ0) is 21.7. The maximum atomic E-state index is 13.0. The average Bonchev–Trinajstić information content (AvgIpc) is 2.77. The van der Waals surface area contributed by atoms with E-state index in [1.165, 1.54) is 54.6 Å². The van der Waals surface area contributed by atoms with Crippen LogP contribution in [-0.4, -0.2) is 21.6 Å². The monoisotopic (exact) mass is 406 g/mol. The number of hydrogen-bond donors (Lipinski definition) is 0. The third-order valence-electron chi connectivity index (χ3n) is 4.25. The van der Waals surface area contributed by atoms with Gasteiger partial charge < -0.3 is 4.74 Å². The van der Waals surface area contributed by atoms with Crippen LogP contribution in [0.5, 0.6) is 0 Å². The van der Waals surface area contributed by atoms with Gasteiger partial charge in [-0.25, -0.2) is 4.79 Å². The van der Waals surface area contributed by atoms with E-state index in [0.717, 1.165) is 6.07 Å². The predicted molar refractivity (Wildman–Crippen MR) is 105 cm³/mol. The summed E-state index contributed by atoms with van der Waals surface area (Å²) in [5.74, 6) is -1.63. The molecule has 1 atom stereocenters. The molecule has 3 aromatic rings. The van der Waals surface area contributed by atoms with Gasteiger partial charge in [0.05, 0.1) is 9.85 Å². The van der Waals surface area contributed by atoms with Crippen molar-refractivity contribution in [2.24, 2.45) is 0 Å². The molecule has 0 aromatic heterocycles. The number of para-hydroxylation sites is 1. The van der Waals surface area contributed by atoms with E-state index in [-0.39, 0.29) is 22.4 Å². The normalized spacial score (nSPS) is 11.3. The van der Waals surface area contributed by atoms with Crippen molar-refractivity contribution in [2.75, 3.05) is 0 Å². The van der Waals surface area contributed by atoms with Gasteiger partial charge in [-0.2, -0.15) is 0 Å². The van der Waals surface area contributed by atoms with Crippen molar-refractivity contribution in [3.8, 4) is 0 Å². The predicted octanol–water partition coefficient (Wildman–Crippen LogP) is 4.28. The van der Waals surface area contributed by atoms with E-state index in [2.05, 4.69) is 0 Å². The number of Topliss-reactive ketones (excluding diaryl/α,β-unsaturated/α-hetero) is 1. The van der Waals surface area contributed by atoms with E-state index in [0.29, 0.717) is 0 Å². The van der Waals surface area contributed by atoms with E-state index in [4.69, 9.17) is 4.74 Å². The number of nitro groups is 2. The molecule has 0 unspecified atom stereocenters. The second-order valence-electron chi connectivity index (χ2n) is 6.14. The molecule has 0 N–H and O–H groups in total. The fourth-order valence-corrected chi connectivity index (χ4v) is 2.77. The Morgan fingerprint density at radius 1 is 0.767 bits per heavy atom. The average molecular weight is 406 g/mol. The molecule has 150 valence electrons. The lowest BCUT2D eigenvalue weighted by Gasteiger charge is -2.17. The van der Waals surface area contributed by atoms with Gasteiger partial charge in [0.15, 0.2) is 6.10 Å². The molecule has 0 radical (unpaired) electrons. The van der Waals surface area contributed by atoms with Gasteiger partial charge in [0.25, 0.3) is 11.4 Å². The van der Waals surface area contributed by atoms with Crippen LogP contribution in [0.15, 0.2) is 78.9 Å². The first-order valence-corrected chi connectivity index (χ1v) is 8.66. The van der Waals surface area contributed by atoms with Crippen molar-refractivity contribution in [1.29, 1.82) is 0 Å². The van der Waals surface area contributed by atoms with Crippen LogP contribution < -0.4 is 0 Å². The third-order valence-corrected chi connectivity index (χ3v) is 4.25. The minimum atomic E-state index is -1.44. The van der Waals surface area contributed by atoms with Gasteiger partial charge in [0, 0.05) is 29.3 Å². The Hall–Kier alpha value is -4.40. The van der Waals surface area contributed by atoms with Crippen LogP contribution in [0.4, 0.5) is 11.4 Å². The fraction of sp³-hybridized carbons (Fsp3) is 0.0476. The van der Waals surface area contributed by atoms with E-state index in [1.807, 2.05) is 0 Å². The number of nitro benzene ring substituents is 2. The molecule has 30 heavy (non-hydrogen) atoms. The van der Waals surface area contributed by atoms with Crippen molar-refractivity contribution in [3.05, 3.63) is 116 Å². The second kappa shape index (κ2) is 8.74. The Morgan fingerprint density at radius 2 is 1.37 bits per heavy atom. The number of rotatable bonds is 7. The molecular formula is C21H14N2O7. The Labute approximate surface area is 169 Å². The summed E-state index contributed by atoms with van der Waals surface area (Å²) in [6.45, 7) is 0. The molecule has 0 aliphatic heterocycles. The lowest BCUT2D eigenvalue weighted by atomic mass is 9.99. The van der Waals surface area contributed by atoms with Gasteiger partial charge in [-0.1, -0.05) is 42.5 Å². The summed E-state index contributed by atoms with van der Waals surface area (Å²) in [6.07, 6.45) is -1.44. The zero-order valence-corrected chi connectivity index (χ0v) is 15.3. The first-order chi connectivity index (χ1) is 14.4. The van der Waals surface area contributed by atoms with Crippen LogP contribution in [0, 0.1) is 20.2 Å². The highest BCUT2D eigenvalue weighted by molar-refractivity contribution is 6.02. The highest BCUT2D eigenvalue weighted by Crippen LogP contribution is 2.28. The molecule has 0 spiro atoms. The Bertz CT molecular complexity index is 1110. The van der Waals surface area contributed by atoms with Crippen molar-refractivity contribution in [3.63, 3.8) is 0 Å². The van der Waals surface area contributed by atoms with Crippen LogP contribution in [-0.2, 0) is 4.74 Å². The minimum absolute atomic E-state index is 0.196. The SMILES string of the molecule is O=C(O[C@H](C(=O)c1ccccc1)c1ccc([N+](=O)[O-])cc1)c1ccccc1[N+](=O)[O-]. The zero-order valence-electron chi connectivity index (χ0n) is 15.3. The molecule has 3 rings (SSSR count). The Morgan fingerprint density at radius 3 is 1.97 bits per heavy atom. The highest BCUT2D eigenvalue weighted by atomic mass is 16.6. The molecule has 3 aromatic carbocycles. The molecule has 0 saturated heterocycles. The van der Waals surface area contributed by atoms with Gasteiger partial charge in [-0.3, -0.25) is 25.0 Å². The number of esters is 1. The summed E-state index contributed by atoms with van der Waals surface area (Å²) in [6, 6.07) is 18.2. The topological polar surface area (TPSA) is 130 Å². The number of nitrogens with zero attached hydrogens (tertiary/aromatic N) is 2. The third kappa shape index (κ3) is 4.36. The van der Waals surface area contributed by atoms with Gasteiger partial charge >= 0.3 is 5.97 Å².